The lowest BCUT2D eigenvalue weighted by molar-refractivity contribution is -0.105. The van der Waals surface area contributed by atoms with Gasteiger partial charge < -0.3 is 5.32 Å². The normalized spacial score (nSPS) is 11.3. The zero-order valence-electron chi connectivity index (χ0n) is 7.99. The van der Waals surface area contributed by atoms with Crippen LogP contribution in [0.25, 0.3) is 10.9 Å². The Balaban J connectivity index is 2.61. The number of hydrogen-bond acceptors (Lipinski definition) is 2. The Morgan fingerprint density at radius 2 is 2.40 bits per heavy atom. The summed E-state index contributed by atoms with van der Waals surface area (Å²) >= 11 is 2.30. The molecule has 0 radical (unpaired) electrons. The fourth-order valence-corrected chi connectivity index (χ4v) is 3.07. The number of aryl methyl sites for hydroxylation is 1. The van der Waals surface area contributed by atoms with Crippen molar-refractivity contribution < 1.29 is 4.79 Å². The molecule has 1 N–H and O–H groups in total. The summed E-state index contributed by atoms with van der Waals surface area (Å²) in [5.74, 6) is 0. The fraction of sp³-hybridized carbons (Fsp3) is 0.111. The molecule has 0 aliphatic carbocycles. The van der Waals surface area contributed by atoms with Gasteiger partial charge >= 0.3 is 0 Å². The number of anilines is 1. The molecular formula is C9H9IN3OP. The minimum atomic E-state index is 0.588. The third-order valence-corrected chi connectivity index (χ3v) is 4.04. The number of fused-ring (bicyclic) bond motifs is 1. The highest BCUT2D eigenvalue weighted by atomic mass is 127. The number of halogens is 1. The van der Waals surface area contributed by atoms with Crippen molar-refractivity contribution in [3.8, 4) is 0 Å². The molecular weight excluding hydrogens is 324 g/mol. The van der Waals surface area contributed by atoms with Crippen molar-refractivity contribution in [1.82, 2.24) is 9.55 Å². The maximum Gasteiger partial charge on any atom is 0.211 e. The van der Waals surface area contributed by atoms with E-state index in [-0.39, 0.29) is 0 Å². The standard InChI is InChI=1S/C9H9IN3OP/c1-6-8-4-7(11-5-14)2-3-9(8)13(12-6)15-10/h2-5,15H,1H3,(H,11,14). The third kappa shape index (κ3) is 1.99. The minimum absolute atomic E-state index is 0.588. The van der Waals surface area contributed by atoms with Gasteiger partial charge in [-0.2, -0.15) is 5.10 Å². The summed E-state index contributed by atoms with van der Waals surface area (Å²) in [5, 5.41) is 8.14. The van der Waals surface area contributed by atoms with Crippen molar-refractivity contribution in [2.24, 2.45) is 0 Å². The molecule has 0 saturated carbocycles. The van der Waals surface area contributed by atoms with Crippen molar-refractivity contribution in [1.29, 1.82) is 0 Å². The van der Waals surface area contributed by atoms with Crippen LogP contribution in [-0.2, 0) is 4.79 Å². The summed E-state index contributed by atoms with van der Waals surface area (Å²) in [7, 11) is 0. The molecule has 1 heterocycles. The highest BCUT2D eigenvalue weighted by molar-refractivity contribution is 14.2. The summed E-state index contributed by atoms with van der Waals surface area (Å²) in [6.45, 7) is 1.97. The highest BCUT2D eigenvalue weighted by Crippen LogP contribution is 2.31. The van der Waals surface area contributed by atoms with E-state index < -0.39 is 0 Å². The highest BCUT2D eigenvalue weighted by Gasteiger charge is 2.06. The Bertz CT molecular complexity index is 511. The molecule has 15 heavy (non-hydrogen) atoms. The lowest BCUT2D eigenvalue weighted by atomic mass is 10.2. The number of amides is 1. The van der Waals surface area contributed by atoms with Gasteiger partial charge in [-0.3, -0.25) is 4.79 Å². The van der Waals surface area contributed by atoms with Crippen LogP contribution in [0.2, 0.25) is 0 Å². The first-order valence-corrected chi connectivity index (χ1v) is 8.38. The molecule has 1 unspecified atom stereocenters. The maximum atomic E-state index is 10.3. The molecule has 2 rings (SSSR count). The van der Waals surface area contributed by atoms with E-state index in [1.54, 1.807) is 0 Å². The van der Waals surface area contributed by atoms with Gasteiger partial charge in [0.25, 0.3) is 0 Å². The van der Waals surface area contributed by atoms with Gasteiger partial charge in [0.05, 0.1) is 17.6 Å². The molecule has 0 fully saturated rings. The molecule has 4 nitrogen and oxygen atoms in total. The topological polar surface area (TPSA) is 46.9 Å². The molecule has 0 aliphatic rings. The molecule has 1 aromatic heterocycles. The average Bonchev–Trinajstić information content (AvgIpc) is 2.56. The zero-order chi connectivity index (χ0) is 10.8. The van der Waals surface area contributed by atoms with Crippen LogP contribution >= 0.6 is 28.4 Å². The number of aromatic nitrogens is 2. The second-order valence-electron chi connectivity index (χ2n) is 3.08. The number of carbonyl (C=O) groups is 1. The van der Waals surface area contributed by atoms with Crippen LogP contribution in [0.4, 0.5) is 5.69 Å². The summed E-state index contributed by atoms with van der Waals surface area (Å²) in [5.41, 5.74) is 2.90. The molecule has 2 aromatic rings. The van der Waals surface area contributed by atoms with Crippen LogP contribution in [-0.4, -0.2) is 16.0 Å². The lowest BCUT2D eigenvalue weighted by Gasteiger charge is -1.99. The fourth-order valence-electron chi connectivity index (χ4n) is 1.49. The molecule has 0 aliphatic heterocycles. The summed E-state index contributed by atoms with van der Waals surface area (Å²) in [6.07, 6.45) is 1.27. The van der Waals surface area contributed by atoms with Gasteiger partial charge in [-0.1, -0.05) is 0 Å². The van der Waals surface area contributed by atoms with Gasteiger partial charge in [-0.05, 0) is 47.2 Å². The van der Waals surface area contributed by atoms with Crippen molar-refractivity contribution in [2.75, 3.05) is 5.32 Å². The number of benzene rings is 1. The van der Waals surface area contributed by atoms with Crippen LogP contribution < -0.4 is 5.32 Å². The predicted octanol–water partition coefficient (Wildman–Crippen LogP) is 2.70. The monoisotopic (exact) mass is 333 g/mol. The smallest absolute Gasteiger partial charge is 0.211 e. The van der Waals surface area contributed by atoms with E-state index >= 15 is 0 Å². The zero-order valence-corrected chi connectivity index (χ0v) is 11.1. The van der Waals surface area contributed by atoms with E-state index in [0.717, 1.165) is 22.3 Å². The van der Waals surface area contributed by atoms with E-state index in [9.17, 15) is 4.79 Å². The van der Waals surface area contributed by atoms with Crippen molar-refractivity contribution in [3.63, 3.8) is 0 Å². The molecule has 1 amide bonds. The molecule has 78 valence electrons. The summed E-state index contributed by atoms with van der Waals surface area (Å²) in [4.78, 5) is 10.3. The lowest BCUT2D eigenvalue weighted by Crippen LogP contribution is -1.92. The number of rotatable bonds is 3. The van der Waals surface area contributed by atoms with E-state index in [0.29, 0.717) is 12.8 Å². The van der Waals surface area contributed by atoms with Gasteiger partial charge in [-0.15, -0.1) is 0 Å². The quantitative estimate of drug-likeness (QED) is 0.533. The van der Waals surface area contributed by atoms with Crippen molar-refractivity contribution in [3.05, 3.63) is 23.9 Å². The molecule has 0 spiro atoms. The number of nitrogens with zero attached hydrogens (tertiary/aromatic N) is 2. The van der Waals surface area contributed by atoms with Gasteiger partial charge in [0.2, 0.25) is 6.41 Å². The Morgan fingerprint density at radius 3 is 3.07 bits per heavy atom. The van der Waals surface area contributed by atoms with E-state index in [2.05, 4.69) is 32.5 Å². The van der Waals surface area contributed by atoms with Crippen LogP contribution in [0.15, 0.2) is 18.2 Å². The van der Waals surface area contributed by atoms with E-state index in [4.69, 9.17) is 0 Å². The molecule has 0 saturated heterocycles. The number of carbonyl (C=O) groups excluding carboxylic acids is 1. The first-order chi connectivity index (χ1) is 7.26. The Hall–Kier alpha value is -0.680. The predicted molar refractivity (Wildman–Crippen MR) is 71.9 cm³/mol. The third-order valence-electron chi connectivity index (χ3n) is 2.17. The summed E-state index contributed by atoms with van der Waals surface area (Å²) < 4.78 is 1.97. The van der Waals surface area contributed by atoms with Crippen molar-refractivity contribution in [2.45, 2.75) is 6.92 Å². The first-order valence-electron chi connectivity index (χ1n) is 4.32. The van der Waals surface area contributed by atoms with Crippen LogP contribution in [0.1, 0.15) is 5.69 Å². The second-order valence-corrected chi connectivity index (χ2v) is 5.12. The van der Waals surface area contributed by atoms with Gasteiger partial charge in [0.1, 0.15) is 0 Å². The average molecular weight is 333 g/mol. The molecule has 6 heteroatoms. The van der Waals surface area contributed by atoms with Crippen LogP contribution in [0.5, 0.6) is 0 Å². The first kappa shape index (κ1) is 10.8. The Kier molecular flexibility index (Phi) is 3.21. The van der Waals surface area contributed by atoms with Crippen LogP contribution in [0, 0.1) is 6.92 Å². The second kappa shape index (κ2) is 4.45. The minimum Gasteiger partial charge on any atom is -0.329 e. The van der Waals surface area contributed by atoms with Gasteiger partial charge in [-0.25, -0.2) is 4.45 Å². The molecule has 1 aromatic carbocycles. The van der Waals surface area contributed by atoms with Crippen LogP contribution in [0.3, 0.4) is 0 Å². The SMILES string of the molecule is Cc1nn(PI)c2ccc(NC=O)cc12. The van der Waals surface area contributed by atoms with E-state index in [1.165, 1.54) is 0 Å². The van der Waals surface area contributed by atoms with E-state index in [1.807, 2.05) is 29.6 Å². The number of nitrogens with one attached hydrogen (secondary N) is 1. The number of hydrogen-bond donors (Lipinski definition) is 1. The van der Waals surface area contributed by atoms with Gasteiger partial charge in [0.15, 0.2) is 0 Å². The molecule has 1 atom stereocenters. The largest absolute Gasteiger partial charge is 0.329 e. The van der Waals surface area contributed by atoms with Crippen molar-refractivity contribution >= 4 is 51.4 Å². The Morgan fingerprint density at radius 1 is 1.60 bits per heavy atom. The van der Waals surface area contributed by atoms with Gasteiger partial charge in [0, 0.05) is 11.1 Å². The summed E-state index contributed by atoms with van der Waals surface area (Å²) in [6, 6.07) is 5.80. The maximum absolute atomic E-state index is 10.3. The Labute approximate surface area is 102 Å². The molecule has 0 bridgehead atoms.